The summed E-state index contributed by atoms with van der Waals surface area (Å²) in [6, 6.07) is 0.0537. The van der Waals surface area contributed by atoms with Crippen molar-refractivity contribution in [1.29, 1.82) is 0 Å². The molecule has 1 heterocycles. The summed E-state index contributed by atoms with van der Waals surface area (Å²) in [6.07, 6.45) is 3.31. The maximum absolute atomic E-state index is 11.7. The van der Waals surface area contributed by atoms with Crippen molar-refractivity contribution in [2.24, 2.45) is 5.92 Å². The van der Waals surface area contributed by atoms with Gasteiger partial charge in [0.1, 0.15) is 6.10 Å². The van der Waals surface area contributed by atoms with Crippen LogP contribution in [0.1, 0.15) is 26.2 Å². The zero-order valence-electron chi connectivity index (χ0n) is 9.20. The van der Waals surface area contributed by atoms with Gasteiger partial charge in [-0.15, -0.1) is 0 Å². The summed E-state index contributed by atoms with van der Waals surface area (Å²) in [6.45, 7) is 3.82. The van der Waals surface area contributed by atoms with Gasteiger partial charge in [-0.1, -0.05) is 6.42 Å². The molecule has 0 unspecified atom stereocenters. The fraction of sp³-hybridized carbons (Fsp3) is 0.909. The monoisotopic (exact) mass is 213 g/mol. The Bertz CT molecular complexity index is 228. The Balaban J connectivity index is 1.79. The number of rotatable bonds is 4. The van der Waals surface area contributed by atoms with Crippen LogP contribution >= 0.6 is 0 Å². The van der Waals surface area contributed by atoms with E-state index in [1.165, 1.54) is 6.42 Å². The fourth-order valence-electron chi connectivity index (χ4n) is 2.02. The minimum Gasteiger partial charge on any atom is -0.376 e. The van der Waals surface area contributed by atoms with Crippen LogP contribution in [0.25, 0.3) is 0 Å². The highest BCUT2D eigenvalue weighted by atomic mass is 16.5. The van der Waals surface area contributed by atoms with E-state index in [9.17, 15) is 4.79 Å². The minimum atomic E-state index is 0.0408. The van der Waals surface area contributed by atoms with Crippen LogP contribution in [0.2, 0.25) is 0 Å². The summed E-state index contributed by atoms with van der Waals surface area (Å²) in [4.78, 5) is 11.7. The number of ether oxygens (including phenoxy) is 2. The Labute approximate surface area is 90.3 Å². The van der Waals surface area contributed by atoms with Crippen LogP contribution in [0, 0.1) is 5.92 Å². The normalized spacial score (nSPS) is 31.3. The molecule has 1 aliphatic heterocycles. The second kappa shape index (κ2) is 4.94. The fourth-order valence-corrected chi connectivity index (χ4v) is 2.02. The third-order valence-electron chi connectivity index (χ3n) is 3.21. The van der Waals surface area contributed by atoms with E-state index in [2.05, 4.69) is 5.32 Å². The van der Waals surface area contributed by atoms with Gasteiger partial charge in [0, 0.05) is 12.5 Å². The van der Waals surface area contributed by atoms with E-state index in [-0.39, 0.29) is 24.0 Å². The zero-order valence-corrected chi connectivity index (χ0v) is 9.20. The van der Waals surface area contributed by atoms with E-state index < -0.39 is 0 Å². The van der Waals surface area contributed by atoms with Gasteiger partial charge in [-0.3, -0.25) is 4.79 Å². The lowest BCUT2D eigenvalue weighted by molar-refractivity contribution is -0.128. The molecule has 1 N–H and O–H groups in total. The van der Waals surface area contributed by atoms with E-state index >= 15 is 0 Å². The number of hydrogen-bond donors (Lipinski definition) is 1. The van der Waals surface area contributed by atoms with Gasteiger partial charge in [-0.2, -0.15) is 0 Å². The molecule has 2 rings (SSSR count). The first kappa shape index (κ1) is 10.9. The second-order valence-corrected chi connectivity index (χ2v) is 4.27. The van der Waals surface area contributed by atoms with Crippen molar-refractivity contribution in [1.82, 2.24) is 5.32 Å². The molecule has 0 spiro atoms. The highest BCUT2D eigenvalue weighted by Crippen LogP contribution is 2.26. The third-order valence-corrected chi connectivity index (χ3v) is 3.21. The van der Waals surface area contributed by atoms with Gasteiger partial charge in [-0.05, 0) is 19.8 Å². The molecule has 86 valence electrons. The summed E-state index contributed by atoms with van der Waals surface area (Å²) in [5.74, 6) is 0.425. The van der Waals surface area contributed by atoms with Gasteiger partial charge in [0.05, 0.1) is 19.3 Å². The Hall–Kier alpha value is -0.610. The van der Waals surface area contributed by atoms with Crippen molar-refractivity contribution in [2.75, 3.05) is 19.8 Å². The van der Waals surface area contributed by atoms with Gasteiger partial charge in [0.25, 0.3) is 0 Å². The van der Waals surface area contributed by atoms with Crippen LogP contribution in [-0.2, 0) is 14.3 Å². The smallest absolute Gasteiger partial charge is 0.223 e. The largest absolute Gasteiger partial charge is 0.376 e. The molecular weight excluding hydrogens is 194 g/mol. The lowest BCUT2D eigenvalue weighted by Gasteiger charge is -2.27. The van der Waals surface area contributed by atoms with E-state index in [1.807, 2.05) is 6.92 Å². The predicted octanol–water partition coefficient (Wildman–Crippen LogP) is 0.707. The molecule has 15 heavy (non-hydrogen) atoms. The first-order valence-corrected chi connectivity index (χ1v) is 5.81. The molecule has 0 aromatic carbocycles. The molecular formula is C11H19NO3. The van der Waals surface area contributed by atoms with Gasteiger partial charge >= 0.3 is 0 Å². The SMILES string of the molecule is CCO[C@H]1COC[C@@H]1NC(=O)C1CCC1. The average molecular weight is 213 g/mol. The zero-order chi connectivity index (χ0) is 10.7. The van der Waals surface area contributed by atoms with Crippen LogP contribution in [0.5, 0.6) is 0 Å². The molecule has 4 nitrogen and oxygen atoms in total. The first-order valence-electron chi connectivity index (χ1n) is 5.81. The molecule has 0 aromatic rings. The van der Waals surface area contributed by atoms with E-state index in [4.69, 9.17) is 9.47 Å². The first-order chi connectivity index (χ1) is 7.31. The quantitative estimate of drug-likeness (QED) is 0.748. The maximum Gasteiger partial charge on any atom is 0.223 e. The molecule has 2 fully saturated rings. The average Bonchev–Trinajstić information content (AvgIpc) is 2.50. The van der Waals surface area contributed by atoms with Crippen LogP contribution in [-0.4, -0.2) is 37.9 Å². The third kappa shape index (κ3) is 2.49. The highest BCUT2D eigenvalue weighted by Gasteiger charge is 2.33. The van der Waals surface area contributed by atoms with Gasteiger partial charge in [-0.25, -0.2) is 0 Å². The maximum atomic E-state index is 11.7. The molecule has 1 amide bonds. The molecule has 2 aliphatic rings. The Morgan fingerprint density at radius 2 is 2.27 bits per heavy atom. The lowest BCUT2D eigenvalue weighted by atomic mass is 9.84. The summed E-state index contributed by atoms with van der Waals surface area (Å²) >= 11 is 0. The minimum absolute atomic E-state index is 0.0408. The number of carbonyl (C=O) groups excluding carboxylic acids is 1. The molecule has 4 heteroatoms. The molecule has 2 atom stereocenters. The number of hydrogen-bond acceptors (Lipinski definition) is 3. The van der Waals surface area contributed by atoms with E-state index in [0.29, 0.717) is 19.8 Å². The molecule has 0 radical (unpaired) electrons. The Morgan fingerprint density at radius 3 is 2.87 bits per heavy atom. The molecule has 1 saturated carbocycles. The highest BCUT2D eigenvalue weighted by molar-refractivity contribution is 5.79. The van der Waals surface area contributed by atoms with Gasteiger partial charge in [0.15, 0.2) is 0 Å². The second-order valence-electron chi connectivity index (χ2n) is 4.27. The van der Waals surface area contributed by atoms with Crippen LogP contribution in [0.3, 0.4) is 0 Å². The molecule has 1 saturated heterocycles. The molecule has 1 aliphatic carbocycles. The Morgan fingerprint density at radius 1 is 1.47 bits per heavy atom. The van der Waals surface area contributed by atoms with E-state index in [0.717, 1.165) is 12.8 Å². The lowest BCUT2D eigenvalue weighted by Crippen LogP contribution is -2.47. The predicted molar refractivity (Wildman–Crippen MR) is 55.5 cm³/mol. The van der Waals surface area contributed by atoms with Gasteiger partial charge < -0.3 is 14.8 Å². The number of amides is 1. The number of nitrogens with one attached hydrogen (secondary N) is 1. The topological polar surface area (TPSA) is 47.6 Å². The van der Waals surface area contributed by atoms with Crippen molar-refractivity contribution in [3.05, 3.63) is 0 Å². The van der Waals surface area contributed by atoms with Gasteiger partial charge in [0.2, 0.25) is 5.91 Å². The molecule has 0 bridgehead atoms. The summed E-state index contributed by atoms with van der Waals surface area (Å²) < 4.78 is 10.8. The van der Waals surface area contributed by atoms with Crippen LogP contribution in [0.15, 0.2) is 0 Å². The standard InChI is InChI=1S/C11H19NO3/c1-2-15-10-7-14-6-9(10)12-11(13)8-4-3-5-8/h8-10H,2-7H2,1H3,(H,12,13)/t9-,10-/m0/s1. The Kier molecular flexibility index (Phi) is 3.59. The van der Waals surface area contributed by atoms with Crippen molar-refractivity contribution in [3.63, 3.8) is 0 Å². The van der Waals surface area contributed by atoms with E-state index in [1.54, 1.807) is 0 Å². The summed E-state index contributed by atoms with van der Waals surface area (Å²) in [5.41, 5.74) is 0. The van der Waals surface area contributed by atoms with Crippen LogP contribution < -0.4 is 5.32 Å². The van der Waals surface area contributed by atoms with Crippen molar-refractivity contribution >= 4 is 5.91 Å². The van der Waals surface area contributed by atoms with Crippen molar-refractivity contribution in [3.8, 4) is 0 Å². The summed E-state index contributed by atoms with van der Waals surface area (Å²) in [7, 11) is 0. The molecule has 0 aromatic heterocycles. The van der Waals surface area contributed by atoms with Crippen molar-refractivity contribution in [2.45, 2.75) is 38.3 Å². The summed E-state index contributed by atoms with van der Waals surface area (Å²) in [5, 5.41) is 3.03. The van der Waals surface area contributed by atoms with Crippen molar-refractivity contribution < 1.29 is 14.3 Å². The van der Waals surface area contributed by atoms with Crippen LogP contribution in [0.4, 0.5) is 0 Å². The number of carbonyl (C=O) groups is 1.